The van der Waals surface area contributed by atoms with Crippen LogP contribution in [0.4, 0.5) is 0 Å². The third kappa shape index (κ3) is 2.65. The molecule has 0 saturated heterocycles. The number of para-hydroxylation sites is 1. The molecule has 0 bridgehead atoms. The highest BCUT2D eigenvalue weighted by Crippen LogP contribution is 2.32. The second-order valence-electron chi connectivity index (χ2n) is 4.77. The number of carbonyl (C=O) groups is 2. The number of allylic oxidation sites excluding steroid dienone is 1. The van der Waals surface area contributed by atoms with Crippen LogP contribution in [0.3, 0.4) is 0 Å². The molecule has 1 aliphatic heterocycles. The Kier molecular flexibility index (Phi) is 4.46. The average Bonchev–Trinajstić information content (AvgIpc) is 2.74. The van der Waals surface area contributed by atoms with Crippen LogP contribution in [0, 0.1) is 0 Å². The lowest BCUT2D eigenvalue weighted by molar-refractivity contribution is -0.136. The average molecular weight is 299 g/mol. The highest BCUT2D eigenvalue weighted by Gasteiger charge is 2.36. The largest absolute Gasteiger partial charge is 0.507 e. The summed E-state index contributed by atoms with van der Waals surface area (Å²) in [5.74, 6) is -0.869. The first-order chi connectivity index (χ1) is 10.5. The van der Waals surface area contributed by atoms with Crippen molar-refractivity contribution in [3.05, 3.63) is 59.3 Å². The van der Waals surface area contributed by atoms with Gasteiger partial charge in [-0.2, -0.15) is 0 Å². The molecule has 5 nitrogen and oxygen atoms in total. The molecule has 0 saturated carbocycles. The van der Waals surface area contributed by atoms with Gasteiger partial charge >= 0.3 is 5.97 Å². The molecule has 0 atom stereocenters. The molecule has 0 unspecified atom stereocenters. The summed E-state index contributed by atoms with van der Waals surface area (Å²) in [5.41, 5.74) is 1.38. The molecule has 0 radical (unpaired) electrons. The van der Waals surface area contributed by atoms with E-state index in [1.54, 1.807) is 31.2 Å². The summed E-state index contributed by atoms with van der Waals surface area (Å²) < 4.78 is 4.77. The number of methoxy groups -OCH3 is 1. The molecule has 0 aromatic heterocycles. The van der Waals surface area contributed by atoms with Crippen LogP contribution in [-0.4, -0.2) is 35.5 Å². The number of nitrogens with zero attached hydrogens (tertiary/aromatic N) is 1. The maximum Gasteiger partial charge on any atom is 0.340 e. The first-order valence-electron chi connectivity index (χ1n) is 6.73. The highest BCUT2D eigenvalue weighted by molar-refractivity contribution is 6.16. The summed E-state index contributed by atoms with van der Waals surface area (Å²) in [7, 11) is 1.26. The van der Waals surface area contributed by atoms with Crippen molar-refractivity contribution in [3.8, 4) is 5.75 Å². The number of ether oxygens (including phenoxy) is 1. The van der Waals surface area contributed by atoms with E-state index in [4.69, 9.17) is 4.74 Å². The molecule has 0 fully saturated rings. The van der Waals surface area contributed by atoms with Gasteiger partial charge in [0.15, 0.2) is 0 Å². The lowest BCUT2D eigenvalue weighted by Crippen LogP contribution is -2.24. The minimum absolute atomic E-state index is 0.0341. The molecule has 1 amide bonds. The van der Waals surface area contributed by atoms with E-state index in [0.717, 1.165) is 0 Å². The lowest BCUT2D eigenvalue weighted by Gasteiger charge is -2.14. The van der Waals surface area contributed by atoms with Gasteiger partial charge in [0.2, 0.25) is 0 Å². The maximum absolute atomic E-state index is 12.5. The zero-order valence-corrected chi connectivity index (χ0v) is 12.5. The quantitative estimate of drug-likeness (QED) is 0.526. The van der Waals surface area contributed by atoms with E-state index >= 15 is 0 Å². The predicted octanol–water partition coefficient (Wildman–Crippen LogP) is 2.25. The Bertz CT molecular complexity index is 700. The Balaban J connectivity index is 2.58. The number of rotatable bonds is 4. The van der Waals surface area contributed by atoms with Crippen molar-refractivity contribution in [2.24, 2.45) is 0 Å². The molecule has 5 heteroatoms. The Morgan fingerprint density at radius 3 is 2.68 bits per heavy atom. The summed E-state index contributed by atoms with van der Waals surface area (Å²) in [6.07, 6.45) is 3.08. The third-order valence-electron chi connectivity index (χ3n) is 3.45. The van der Waals surface area contributed by atoms with E-state index in [1.807, 2.05) is 0 Å². The molecule has 1 N–H and O–H groups in total. The van der Waals surface area contributed by atoms with E-state index in [0.29, 0.717) is 17.8 Å². The van der Waals surface area contributed by atoms with Gasteiger partial charge in [0, 0.05) is 17.8 Å². The van der Waals surface area contributed by atoms with E-state index < -0.39 is 5.97 Å². The van der Waals surface area contributed by atoms with Crippen LogP contribution in [-0.2, 0) is 14.3 Å². The van der Waals surface area contributed by atoms with Gasteiger partial charge in [-0.15, -0.1) is 6.58 Å². The Labute approximate surface area is 128 Å². The van der Waals surface area contributed by atoms with Crippen molar-refractivity contribution in [3.63, 3.8) is 0 Å². The second-order valence-corrected chi connectivity index (χ2v) is 4.77. The number of aromatic hydroxyl groups is 1. The van der Waals surface area contributed by atoms with Gasteiger partial charge in [-0.05, 0) is 19.1 Å². The first kappa shape index (κ1) is 15.6. The minimum atomic E-state index is -0.584. The fourth-order valence-electron chi connectivity index (χ4n) is 2.34. The van der Waals surface area contributed by atoms with Crippen LogP contribution in [0.5, 0.6) is 5.75 Å². The van der Waals surface area contributed by atoms with Crippen molar-refractivity contribution in [1.82, 2.24) is 4.90 Å². The summed E-state index contributed by atoms with van der Waals surface area (Å²) in [6, 6.07) is 6.60. The molecule has 1 aliphatic rings. The molecule has 1 aromatic rings. The summed E-state index contributed by atoms with van der Waals surface area (Å²) in [5, 5.41) is 9.86. The molecule has 114 valence electrons. The minimum Gasteiger partial charge on any atom is -0.507 e. The number of amides is 1. The van der Waals surface area contributed by atoms with Crippen molar-refractivity contribution in [1.29, 1.82) is 0 Å². The lowest BCUT2D eigenvalue weighted by atomic mass is 10.0. The SMILES string of the molecule is C=CCN1C(=O)/C(=C\c2ccccc2O)C(C(=O)OC)=C1C. The van der Waals surface area contributed by atoms with Gasteiger partial charge in [0.1, 0.15) is 5.75 Å². The maximum atomic E-state index is 12.5. The highest BCUT2D eigenvalue weighted by atomic mass is 16.5. The van der Waals surface area contributed by atoms with Gasteiger partial charge in [0.05, 0.1) is 18.3 Å². The molecular weight excluding hydrogens is 282 g/mol. The van der Waals surface area contributed by atoms with E-state index in [9.17, 15) is 14.7 Å². The Morgan fingerprint density at radius 1 is 1.41 bits per heavy atom. The number of hydrogen-bond acceptors (Lipinski definition) is 4. The number of phenolic OH excluding ortho intramolecular Hbond substituents is 1. The normalized spacial score (nSPS) is 16.4. The fraction of sp³-hybridized carbons (Fsp3) is 0.176. The van der Waals surface area contributed by atoms with E-state index in [2.05, 4.69) is 6.58 Å². The molecule has 1 aromatic carbocycles. The first-order valence-corrected chi connectivity index (χ1v) is 6.73. The van der Waals surface area contributed by atoms with E-state index in [1.165, 1.54) is 24.2 Å². The topological polar surface area (TPSA) is 66.8 Å². The van der Waals surface area contributed by atoms with Crippen LogP contribution < -0.4 is 0 Å². The molecule has 0 aliphatic carbocycles. The number of carbonyl (C=O) groups excluding carboxylic acids is 2. The molecule has 22 heavy (non-hydrogen) atoms. The summed E-state index contributed by atoms with van der Waals surface area (Å²) in [6.45, 7) is 5.59. The zero-order chi connectivity index (χ0) is 16.3. The number of esters is 1. The van der Waals surface area contributed by atoms with Crippen molar-refractivity contribution in [2.75, 3.05) is 13.7 Å². The zero-order valence-electron chi connectivity index (χ0n) is 12.5. The monoisotopic (exact) mass is 299 g/mol. The molecular formula is C17H17NO4. The van der Waals surface area contributed by atoms with Gasteiger partial charge in [-0.1, -0.05) is 24.3 Å². The number of hydrogen-bond donors (Lipinski definition) is 1. The molecule has 2 rings (SSSR count). The van der Waals surface area contributed by atoms with Crippen molar-refractivity contribution < 1.29 is 19.4 Å². The van der Waals surface area contributed by atoms with Gasteiger partial charge in [-0.25, -0.2) is 4.79 Å². The third-order valence-corrected chi connectivity index (χ3v) is 3.45. The fourth-order valence-corrected chi connectivity index (χ4v) is 2.34. The van der Waals surface area contributed by atoms with Gasteiger partial charge in [0.25, 0.3) is 5.91 Å². The van der Waals surface area contributed by atoms with Crippen LogP contribution in [0.25, 0.3) is 6.08 Å². The van der Waals surface area contributed by atoms with Crippen LogP contribution in [0.15, 0.2) is 53.8 Å². The van der Waals surface area contributed by atoms with Crippen LogP contribution >= 0.6 is 0 Å². The van der Waals surface area contributed by atoms with Crippen LogP contribution in [0.2, 0.25) is 0 Å². The standard InChI is InChI=1S/C17H17NO4/c1-4-9-18-11(2)15(17(21)22-3)13(16(18)20)10-12-7-5-6-8-14(12)19/h4-8,10,19H,1,9H2,2-3H3/b13-10-. The van der Waals surface area contributed by atoms with Crippen LogP contribution in [0.1, 0.15) is 12.5 Å². The van der Waals surface area contributed by atoms with Crippen molar-refractivity contribution >= 4 is 18.0 Å². The molecule has 1 heterocycles. The summed E-state index contributed by atoms with van der Waals surface area (Å²) >= 11 is 0. The van der Waals surface area contributed by atoms with E-state index in [-0.39, 0.29) is 22.8 Å². The Hall–Kier alpha value is -2.82. The van der Waals surface area contributed by atoms with Gasteiger partial charge < -0.3 is 14.7 Å². The predicted molar refractivity (Wildman–Crippen MR) is 82.7 cm³/mol. The Morgan fingerprint density at radius 2 is 2.09 bits per heavy atom. The molecule has 0 spiro atoms. The number of phenols is 1. The second kappa shape index (κ2) is 6.30. The summed E-state index contributed by atoms with van der Waals surface area (Å²) in [4.78, 5) is 26.0. The smallest absolute Gasteiger partial charge is 0.340 e. The van der Waals surface area contributed by atoms with Crippen molar-refractivity contribution in [2.45, 2.75) is 6.92 Å². The number of benzene rings is 1. The van der Waals surface area contributed by atoms with Gasteiger partial charge in [-0.3, -0.25) is 4.79 Å².